The van der Waals surface area contributed by atoms with Gasteiger partial charge in [0.05, 0.1) is 18.6 Å². The highest BCUT2D eigenvalue weighted by molar-refractivity contribution is 6.00. The summed E-state index contributed by atoms with van der Waals surface area (Å²) in [5.41, 5.74) is 2.40. The number of ether oxygens (including phenoxy) is 1. The minimum Gasteiger partial charge on any atom is -0.490 e. The number of nitro groups is 1. The molecule has 0 saturated heterocycles. The van der Waals surface area contributed by atoms with Crippen molar-refractivity contribution in [3.63, 3.8) is 0 Å². The molecule has 0 bridgehead atoms. The lowest BCUT2D eigenvalue weighted by Crippen LogP contribution is -2.33. The first kappa shape index (κ1) is 18.9. The number of hydrogen-bond donors (Lipinski definition) is 2. The summed E-state index contributed by atoms with van der Waals surface area (Å²) in [7, 11) is 1.31. The van der Waals surface area contributed by atoms with E-state index in [0.29, 0.717) is 5.69 Å². The second kappa shape index (κ2) is 8.11. The van der Waals surface area contributed by atoms with Crippen molar-refractivity contribution in [2.75, 3.05) is 19.0 Å². The molecule has 0 aromatic heterocycles. The van der Waals surface area contributed by atoms with Crippen LogP contribution in [0.25, 0.3) is 0 Å². The predicted octanol–water partition coefficient (Wildman–Crippen LogP) is 2.59. The molecule has 8 nitrogen and oxygen atoms in total. The lowest BCUT2D eigenvalue weighted by molar-refractivity contribution is -0.385. The van der Waals surface area contributed by atoms with Gasteiger partial charge in [-0.05, 0) is 37.6 Å². The van der Waals surface area contributed by atoms with Crippen LogP contribution < -0.4 is 15.4 Å². The molecule has 2 amide bonds. The Morgan fingerprint density at radius 1 is 1.15 bits per heavy atom. The van der Waals surface area contributed by atoms with Crippen LogP contribution in [0.1, 0.15) is 21.5 Å². The van der Waals surface area contributed by atoms with Crippen molar-refractivity contribution in [3.8, 4) is 5.75 Å². The quantitative estimate of drug-likeness (QED) is 0.610. The van der Waals surface area contributed by atoms with Crippen molar-refractivity contribution in [2.24, 2.45) is 0 Å². The summed E-state index contributed by atoms with van der Waals surface area (Å²) in [4.78, 5) is 34.5. The molecule has 0 atom stereocenters. The van der Waals surface area contributed by atoms with Gasteiger partial charge < -0.3 is 15.4 Å². The number of nitrogens with one attached hydrogen (secondary N) is 2. The van der Waals surface area contributed by atoms with Crippen LogP contribution in [0.3, 0.4) is 0 Å². The highest BCUT2D eigenvalue weighted by Gasteiger charge is 2.18. The Balaban J connectivity index is 2.00. The topological polar surface area (TPSA) is 111 Å². The number of rotatable bonds is 6. The van der Waals surface area contributed by atoms with Crippen LogP contribution in [0, 0.1) is 24.0 Å². The van der Waals surface area contributed by atoms with Gasteiger partial charge in [-0.25, -0.2) is 0 Å². The summed E-state index contributed by atoms with van der Waals surface area (Å²) in [5, 5.41) is 16.2. The molecule has 0 aliphatic rings. The molecule has 2 N–H and O–H groups in total. The molecule has 0 unspecified atom stereocenters. The van der Waals surface area contributed by atoms with Crippen molar-refractivity contribution in [2.45, 2.75) is 13.8 Å². The Morgan fingerprint density at radius 2 is 1.88 bits per heavy atom. The Labute approximate surface area is 150 Å². The first-order chi connectivity index (χ1) is 12.3. The van der Waals surface area contributed by atoms with Crippen molar-refractivity contribution >= 4 is 23.2 Å². The second-order valence-corrected chi connectivity index (χ2v) is 5.69. The molecule has 26 heavy (non-hydrogen) atoms. The standard InChI is InChI=1S/C18H19N3O5/c1-11-4-6-14(12(2)8-11)20-17(22)10-19-18(23)13-5-7-16(26-3)15(9-13)21(24)25/h4-9H,10H2,1-3H3,(H,19,23)(H,20,22). The number of carbonyl (C=O) groups excluding carboxylic acids is 2. The molecule has 0 spiro atoms. The van der Waals surface area contributed by atoms with E-state index in [1.54, 1.807) is 6.07 Å². The van der Waals surface area contributed by atoms with E-state index in [4.69, 9.17) is 4.74 Å². The van der Waals surface area contributed by atoms with Crippen molar-refractivity contribution in [3.05, 3.63) is 63.2 Å². The molecular weight excluding hydrogens is 338 g/mol. The smallest absolute Gasteiger partial charge is 0.311 e. The lowest BCUT2D eigenvalue weighted by atomic mass is 10.1. The molecule has 2 rings (SSSR count). The van der Waals surface area contributed by atoms with E-state index in [9.17, 15) is 19.7 Å². The number of nitrogens with zero attached hydrogens (tertiary/aromatic N) is 1. The van der Waals surface area contributed by atoms with Crippen LogP contribution >= 0.6 is 0 Å². The van der Waals surface area contributed by atoms with Gasteiger partial charge in [-0.15, -0.1) is 0 Å². The van der Waals surface area contributed by atoms with E-state index < -0.39 is 16.7 Å². The first-order valence-electron chi connectivity index (χ1n) is 7.79. The summed E-state index contributed by atoms with van der Waals surface area (Å²) in [5.74, 6) is -0.931. The third kappa shape index (κ3) is 4.56. The molecule has 0 aliphatic carbocycles. The molecule has 0 heterocycles. The zero-order valence-corrected chi connectivity index (χ0v) is 14.7. The average Bonchev–Trinajstić information content (AvgIpc) is 2.61. The minimum absolute atomic E-state index is 0.0548. The Hall–Kier alpha value is -3.42. The molecular formula is C18H19N3O5. The monoisotopic (exact) mass is 357 g/mol. The van der Waals surface area contributed by atoms with Gasteiger partial charge in [-0.3, -0.25) is 19.7 Å². The van der Waals surface area contributed by atoms with E-state index in [1.807, 2.05) is 26.0 Å². The van der Waals surface area contributed by atoms with Gasteiger partial charge in [0.2, 0.25) is 5.91 Å². The maximum atomic E-state index is 12.1. The van der Waals surface area contributed by atoms with Gasteiger partial charge in [-0.2, -0.15) is 0 Å². The number of methoxy groups -OCH3 is 1. The fraction of sp³-hybridized carbons (Fsp3) is 0.222. The fourth-order valence-corrected chi connectivity index (χ4v) is 2.38. The largest absolute Gasteiger partial charge is 0.490 e. The molecule has 136 valence electrons. The average molecular weight is 357 g/mol. The van der Waals surface area contributed by atoms with Gasteiger partial charge >= 0.3 is 5.69 Å². The molecule has 8 heteroatoms. The van der Waals surface area contributed by atoms with Crippen molar-refractivity contribution in [1.82, 2.24) is 5.32 Å². The number of nitro benzene ring substituents is 1. The van der Waals surface area contributed by atoms with E-state index in [1.165, 1.54) is 19.2 Å². The number of benzene rings is 2. The fourth-order valence-electron chi connectivity index (χ4n) is 2.38. The maximum Gasteiger partial charge on any atom is 0.311 e. The molecule has 2 aromatic rings. The molecule has 0 fully saturated rings. The van der Waals surface area contributed by atoms with E-state index in [-0.39, 0.29) is 23.5 Å². The molecule has 0 saturated carbocycles. The zero-order valence-electron chi connectivity index (χ0n) is 14.7. The van der Waals surface area contributed by atoms with Crippen LogP contribution in [-0.2, 0) is 4.79 Å². The summed E-state index contributed by atoms with van der Waals surface area (Å²) in [6.45, 7) is 3.57. The predicted molar refractivity (Wildman–Crippen MR) is 96.5 cm³/mol. The number of anilines is 1. The lowest BCUT2D eigenvalue weighted by Gasteiger charge is -2.10. The first-order valence-corrected chi connectivity index (χ1v) is 7.79. The van der Waals surface area contributed by atoms with Crippen LogP contribution in [0.2, 0.25) is 0 Å². The second-order valence-electron chi connectivity index (χ2n) is 5.69. The third-order valence-corrected chi connectivity index (χ3v) is 3.70. The van der Waals surface area contributed by atoms with Gasteiger partial charge in [0.15, 0.2) is 5.75 Å². The summed E-state index contributed by atoms with van der Waals surface area (Å²) >= 11 is 0. The van der Waals surface area contributed by atoms with E-state index in [2.05, 4.69) is 10.6 Å². The highest BCUT2D eigenvalue weighted by atomic mass is 16.6. The van der Waals surface area contributed by atoms with Crippen LogP contribution in [-0.4, -0.2) is 30.4 Å². The Kier molecular flexibility index (Phi) is 5.90. The van der Waals surface area contributed by atoms with Crippen LogP contribution in [0.15, 0.2) is 36.4 Å². The van der Waals surface area contributed by atoms with Crippen LogP contribution in [0.4, 0.5) is 11.4 Å². The molecule has 0 radical (unpaired) electrons. The SMILES string of the molecule is COc1ccc(C(=O)NCC(=O)Nc2ccc(C)cc2C)cc1[N+](=O)[O-]. The summed E-state index contributed by atoms with van der Waals surface area (Å²) in [6, 6.07) is 9.43. The number of aryl methyl sites for hydroxylation is 2. The minimum atomic E-state index is -0.636. The number of carbonyl (C=O) groups is 2. The Bertz CT molecular complexity index is 864. The molecule has 2 aromatic carbocycles. The summed E-state index contributed by atoms with van der Waals surface area (Å²) in [6.07, 6.45) is 0. The Morgan fingerprint density at radius 3 is 2.50 bits per heavy atom. The van der Waals surface area contributed by atoms with Crippen molar-refractivity contribution < 1.29 is 19.2 Å². The number of hydrogen-bond acceptors (Lipinski definition) is 5. The van der Waals surface area contributed by atoms with Crippen molar-refractivity contribution in [1.29, 1.82) is 0 Å². The summed E-state index contributed by atoms with van der Waals surface area (Å²) < 4.78 is 4.89. The van der Waals surface area contributed by atoms with E-state index in [0.717, 1.165) is 17.2 Å². The van der Waals surface area contributed by atoms with Gasteiger partial charge in [-0.1, -0.05) is 17.7 Å². The van der Waals surface area contributed by atoms with Gasteiger partial charge in [0, 0.05) is 17.3 Å². The third-order valence-electron chi connectivity index (χ3n) is 3.70. The molecule has 0 aliphatic heterocycles. The van der Waals surface area contributed by atoms with E-state index >= 15 is 0 Å². The maximum absolute atomic E-state index is 12.1. The van der Waals surface area contributed by atoms with Gasteiger partial charge in [0.25, 0.3) is 5.91 Å². The van der Waals surface area contributed by atoms with Crippen LogP contribution in [0.5, 0.6) is 5.75 Å². The zero-order chi connectivity index (χ0) is 19.3. The normalized spacial score (nSPS) is 10.1. The number of amides is 2. The van der Waals surface area contributed by atoms with Gasteiger partial charge in [0.1, 0.15) is 0 Å². The highest BCUT2D eigenvalue weighted by Crippen LogP contribution is 2.27.